The molecule has 4 atom stereocenters. The first-order valence-corrected chi connectivity index (χ1v) is 7.99. The molecule has 4 unspecified atom stereocenters. The molecule has 1 aromatic rings. The molecule has 0 radical (unpaired) electrons. The highest BCUT2D eigenvalue weighted by molar-refractivity contribution is 9.10. The van der Waals surface area contributed by atoms with E-state index < -0.39 is 5.60 Å². The Hall–Kier alpha value is -0.380. The highest BCUT2D eigenvalue weighted by Gasteiger charge is 2.40. The second kappa shape index (κ2) is 5.19. The van der Waals surface area contributed by atoms with Crippen LogP contribution in [0.4, 0.5) is 0 Å². The Balaban J connectivity index is 1.81. The molecule has 2 saturated heterocycles. The SMILES string of the molecule is CC(O)(c1ccc(Br)cc1)C1CCC2CCC(C1)O2. The normalized spacial score (nSPS) is 33.7. The van der Waals surface area contributed by atoms with Crippen LogP contribution in [0.15, 0.2) is 28.7 Å². The van der Waals surface area contributed by atoms with Gasteiger partial charge in [-0.15, -0.1) is 0 Å². The first kappa shape index (κ1) is 13.6. The maximum atomic E-state index is 11.0. The van der Waals surface area contributed by atoms with Gasteiger partial charge in [-0.3, -0.25) is 0 Å². The predicted octanol–water partition coefficient (Wildman–Crippen LogP) is 4.00. The molecule has 2 fully saturated rings. The average molecular weight is 325 g/mol. The van der Waals surface area contributed by atoms with Gasteiger partial charge in [0, 0.05) is 4.47 Å². The molecule has 2 bridgehead atoms. The summed E-state index contributed by atoms with van der Waals surface area (Å²) in [6.45, 7) is 1.96. The highest BCUT2D eigenvalue weighted by atomic mass is 79.9. The zero-order valence-electron chi connectivity index (χ0n) is 11.3. The third-order valence-corrected chi connectivity index (χ3v) is 5.33. The third-order valence-electron chi connectivity index (χ3n) is 4.80. The number of ether oxygens (including phenoxy) is 1. The molecule has 1 N–H and O–H groups in total. The van der Waals surface area contributed by atoms with Gasteiger partial charge in [0.25, 0.3) is 0 Å². The number of aliphatic hydroxyl groups is 1. The van der Waals surface area contributed by atoms with Gasteiger partial charge in [-0.25, -0.2) is 0 Å². The highest BCUT2D eigenvalue weighted by Crippen LogP contribution is 2.42. The number of hydrogen-bond acceptors (Lipinski definition) is 2. The summed E-state index contributed by atoms with van der Waals surface area (Å²) in [7, 11) is 0. The molecule has 2 nitrogen and oxygen atoms in total. The fourth-order valence-electron chi connectivity index (χ4n) is 3.52. The Morgan fingerprint density at radius 1 is 1.11 bits per heavy atom. The summed E-state index contributed by atoms with van der Waals surface area (Å²) in [5, 5.41) is 11.0. The van der Waals surface area contributed by atoms with Gasteiger partial charge < -0.3 is 9.84 Å². The number of benzene rings is 1. The Morgan fingerprint density at radius 3 is 2.47 bits per heavy atom. The average Bonchev–Trinajstić information content (AvgIpc) is 2.69. The molecule has 2 heterocycles. The van der Waals surface area contributed by atoms with Crippen molar-refractivity contribution in [1.82, 2.24) is 0 Å². The van der Waals surface area contributed by atoms with E-state index in [4.69, 9.17) is 4.74 Å². The van der Waals surface area contributed by atoms with Crippen molar-refractivity contribution in [2.24, 2.45) is 5.92 Å². The Morgan fingerprint density at radius 2 is 1.74 bits per heavy atom. The molecule has 3 rings (SSSR count). The van der Waals surface area contributed by atoms with Crippen LogP contribution in [0, 0.1) is 5.92 Å². The topological polar surface area (TPSA) is 29.5 Å². The lowest BCUT2D eigenvalue weighted by Crippen LogP contribution is -2.33. The lowest BCUT2D eigenvalue weighted by atomic mass is 9.76. The van der Waals surface area contributed by atoms with Crippen LogP contribution in [0.3, 0.4) is 0 Å². The standard InChI is InChI=1S/C16H21BrO2/c1-16(18,11-2-5-13(17)6-3-11)12-4-7-14-8-9-15(10-12)19-14/h2-3,5-6,12,14-15,18H,4,7-10H2,1H3. The van der Waals surface area contributed by atoms with Crippen LogP contribution in [0.2, 0.25) is 0 Å². The number of halogens is 1. The molecule has 0 spiro atoms. The Kier molecular flexibility index (Phi) is 3.71. The number of hydrogen-bond donors (Lipinski definition) is 1. The zero-order valence-corrected chi connectivity index (χ0v) is 12.9. The maximum Gasteiger partial charge on any atom is 0.0897 e. The molecule has 3 heteroatoms. The zero-order chi connectivity index (χ0) is 13.5. The maximum absolute atomic E-state index is 11.0. The van der Waals surface area contributed by atoms with Gasteiger partial charge in [0.1, 0.15) is 0 Å². The van der Waals surface area contributed by atoms with E-state index in [2.05, 4.69) is 15.9 Å². The largest absolute Gasteiger partial charge is 0.385 e. The molecule has 0 aliphatic carbocycles. The van der Waals surface area contributed by atoms with E-state index in [0.717, 1.165) is 35.7 Å². The summed E-state index contributed by atoms with van der Waals surface area (Å²) >= 11 is 3.45. The first-order chi connectivity index (χ1) is 9.05. The van der Waals surface area contributed by atoms with Crippen molar-refractivity contribution in [3.05, 3.63) is 34.3 Å². The molecule has 2 aliphatic heterocycles. The fourth-order valence-corrected chi connectivity index (χ4v) is 3.79. The Labute approximate surface area is 123 Å². The van der Waals surface area contributed by atoms with E-state index >= 15 is 0 Å². The quantitative estimate of drug-likeness (QED) is 0.890. The van der Waals surface area contributed by atoms with Gasteiger partial charge in [0.05, 0.1) is 17.8 Å². The minimum atomic E-state index is -0.755. The van der Waals surface area contributed by atoms with E-state index in [1.165, 1.54) is 6.42 Å². The summed E-state index contributed by atoms with van der Waals surface area (Å²) < 4.78 is 7.04. The molecule has 104 valence electrons. The van der Waals surface area contributed by atoms with Crippen LogP contribution in [0.1, 0.15) is 44.6 Å². The second-order valence-electron chi connectivity index (χ2n) is 6.12. The second-order valence-corrected chi connectivity index (χ2v) is 7.04. The van der Waals surface area contributed by atoms with Gasteiger partial charge in [0.15, 0.2) is 0 Å². The predicted molar refractivity (Wildman–Crippen MR) is 78.9 cm³/mol. The van der Waals surface area contributed by atoms with Crippen molar-refractivity contribution in [2.45, 2.75) is 56.8 Å². The van der Waals surface area contributed by atoms with E-state index in [0.29, 0.717) is 18.1 Å². The van der Waals surface area contributed by atoms with Crippen molar-refractivity contribution in [3.63, 3.8) is 0 Å². The monoisotopic (exact) mass is 324 g/mol. The van der Waals surface area contributed by atoms with Gasteiger partial charge in [0.2, 0.25) is 0 Å². The Bertz CT molecular complexity index is 441. The van der Waals surface area contributed by atoms with Crippen LogP contribution in [-0.4, -0.2) is 17.3 Å². The molecule has 0 amide bonds. The minimum Gasteiger partial charge on any atom is -0.385 e. The van der Waals surface area contributed by atoms with Gasteiger partial charge >= 0.3 is 0 Å². The smallest absolute Gasteiger partial charge is 0.0897 e. The van der Waals surface area contributed by atoms with Gasteiger partial charge in [-0.05, 0) is 62.6 Å². The molecule has 0 saturated carbocycles. The van der Waals surface area contributed by atoms with Crippen LogP contribution in [0.5, 0.6) is 0 Å². The molecule has 2 aliphatic rings. The van der Waals surface area contributed by atoms with Crippen LogP contribution < -0.4 is 0 Å². The third kappa shape index (κ3) is 2.74. The molecular formula is C16H21BrO2. The van der Waals surface area contributed by atoms with Crippen LogP contribution in [0.25, 0.3) is 0 Å². The fraction of sp³-hybridized carbons (Fsp3) is 0.625. The molecular weight excluding hydrogens is 304 g/mol. The lowest BCUT2D eigenvalue weighted by molar-refractivity contribution is -0.0248. The summed E-state index contributed by atoms with van der Waals surface area (Å²) in [6, 6.07) is 8.05. The van der Waals surface area contributed by atoms with Crippen molar-refractivity contribution in [3.8, 4) is 0 Å². The summed E-state index contributed by atoms with van der Waals surface area (Å²) in [5.41, 5.74) is 0.257. The summed E-state index contributed by atoms with van der Waals surface area (Å²) in [4.78, 5) is 0. The van der Waals surface area contributed by atoms with Crippen LogP contribution in [-0.2, 0) is 10.3 Å². The van der Waals surface area contributed by atoms with E-state index in [1.54, 1.807) is 0 Å². The number of fused-ring (bicyclic) bond motifs is 2. The van der Waals surface area contributed by atoms with Crippen molar-refractivity contribution in [2.75, 3.05) is 0 Å². The molecule has 0 aromatic heterocycles. The van der Waals surface area contributed by atoms with E-state index in [9.17, 15) is 5.11 Å². The first-order valence-electron chi connectivity index (χ1n) is 7.19. The van der Waals surface area contributed by atoms with Gasteiger partial charge in [-0.1, -0.05) is 28.1 Å². The van der Waals surface area contributed by atoms with E-state index in [-0.39, 0.29) is 0 Å². The van der Waals surface area contributed by atoms with Gasteiger partial charge in [-0.2, -0.15) is 0 Å². The lowest BCUT2D eigenvalue weighted by Gasteiger charge is -2.34. The van der Waals surface area contributed by atoms with Crippen molar-refractivity contribution in [1.29, 1.82) is 0 Å². The van der Waals surface area contributed by atoms with Crippen molar-refractivity contribution < 1.29 is 9.84 Å². The van der Waals surface area contributed by atoms with Crippen molar-refractivity contribution >= 4 is 15.9 Å². The van der Waals surface area contributed by atoms with Crippen LogP contribution >= 0.6 is 15.9 Å². The summed E-state index contributed by atoms with van der Waals surface area (Å²) in [6.07, 6.45) is 6.31. The minimum absolute atomic E-state index is 0.295. The summed E-state index contributed by atoms with van der Waals surface area (Å²) in [5.74, 6) is 0.295. The molecule has 19 heavy (non-hydrogen) atoms. The number of rotatable bonds is 2. The molecule has 1 aromatic carbocycles. The van der Waals surface area contributed by atoms with E-state index in [1.807, 2.05) is 31.2 Å².